The number of halogens is 2. The topological polar surface area (TPSA) is 47.9 Å². The summed E-state index contributed by atoms with van der Waals surface area (Å²) < 4.78 is 5.10. The van der Waals surface area contributed by atoms with Crippen molar-refractivity contribution in [1.29, 1.82) is 0 Å². The van der Waals surface area contributed by atoms with Gasteiger partial charge in [0.05, 0.1) is 28.3 Å². The standard InChI is InChI=1S/C15H19Cl2NO3/c1-4-20-18-14(7-8-15(19)21-10(2)3)11-5-6-12(16)13(17)9-11/h5-6,9-10H,4,7-8H2,1-3H3/b18-14+. The molecule has 0 atom stereocenters. The first kappa shape index (κ1) is 17.8. The SMILES string of the molecule is CCO/N=C(\CCC(=O)OC(C)C)c1ccc(Cl)c(Cl)c1. The molecule has 0 heterocycles. The quantitative estimate of drug-likeness (QED) is 0.421. The number of rotatable bonds is 7. The van der Waals surface area contributed by atoms with E-state index in [4.69, 9.17) is 32.8 Å². The third-order valence-corrected chi connectivity index (χ3v) is 3.23. The van der Waals surface area contributed by atoms with Crippen LogP contribution in [0.25, 0.3) is 0 Å². The average Bonchev–Trinajstić information content (AvgIpc) is 2.41. The Labute approximate surface area is 135 Å². The van der Waals surface area contributed by atoms with Crippen molar-refractivity contribution >= 4 is 34.9 Å². The summed E-state index contributed by atoms with van der Waals surface area (Å²) >= 11 is 11.9. The number of esters is 1. The van der Waals surface area contributed by atoms with Crippen LogP contribution in [0.4, 0.5) is 0 Å². The van der Waals surface area contributed by atoms with E-state index >= 15 is 0 Å². The highest BCUT2D eigenvalue weighted by Gasteiger charge is 2.12. The van der Waals surface area contributed by atoms with Crippen molar-refractivity contribution in [1.82, 2.24) is 0 Å². The number of nitrogens with zero attached hydrogens (tertiary/aromatic N) is 1. The molecule has 0 aliphatic rings. The Morgan fingerprint density at radius 2 is 1.95 bits per heavy atom. The molecule has 1 aromatic carbocycles. The van der Waals surface area contributed by atoms with Crippen molar-refractivity contribution in [2.24, 2.45) is 5.16 Å². The molecule has 0 radical (unpaired) electrons. The van der Waals surface area contributed by atoms with E-state index in [0.29, 0.717) is 28.8 Å². The van der Waals surface area contributed by atoms with E-state index in [9.17, 15) is 4.79 Å². The molecule has 0 bridgehead atoms. The fourth-order valence-corrected chi connectivity index (χ4v) is 1.90. The van der Waals surface area contributed by atoms with Gasteiger partial charge in [-0.25, -0.2) is 0 Å². The number of hydrogen-bond acceptors (Lipinski definition) is 4. The minimum absolute atomic E-state index is 0.130. The van der Waals surface area contributed by atoms with Crippen molar-refractivity contribution in [3.8, 4) is 0 Å². The lowest BCUT2D eigenvalue weighted by atomic mass is 10.1. The van der Waals surface area contributed by atoms with Crippen LogP contribution in [-0.4, -0.2) is 24.4 Å². The number of carbonyl (C=O) groups is 1. The molecule has 0 aliphatic carbocycles. The predicted molar refractivity (Wildman–Crippen MR) is 85.1 cm³/mol. The van der Waals surface area contributed by atoms with Gasteiger partial charge in [-0.1, -0.05) is 34.4 Å². The molecule has 21 heavy (non-hydrogen) atoms. The summed E-state index contributed by atoms with van der Waals surface area (Å²) in [5.41, 5.74) is 1.41. The lowest BCUT2D eigenvalue weighted by molar-refractivity contribution is -0.147. The molecule has 0 aliphatic heterocycles. The van der Waals surface area contributed by atoms with Gasteiger partial charge in [-0.2, -0.15) is 0 Å². The van der Waals surface area contributed by atoms with Crippen LogP contribution in [0.2, 0.25) is 10.0 Å². The monoisotopic (exact) mass is 331 g/mol. The molecule has 1 aromatic rings. The van der Waals surface area contributed by atoms with E-state index in [1.54, 1.807) is 18.2 Å². The summed E-state index contributed by atoms with van der Waals surface area (Å²) in [4.78, 5) is 16.7. The highest BCUT2D eigenvalue weighted by Crippen LogP contribution is 2.23. The molecular formula is C15H19Cl2NO3. The lowest BCUT2D eigenvalue weighted by Gasteiger charge is -2.10. The Morgan fingerprint density at radius 3 is 2.52 bits per heavy atom. The van der Waals surface area contributed by atoms with Crippen LogP contribution in [0.3, 0.4) is 0 Å². The fraction of sp³-hybridized carbons (Fsp3) is 0.467. The zero-order chi connectivity index (χ0) is 15.8. The van der Waals surface area contributed by atoms with Gasteiger partial charge in [0.25, 0.3) is 0 Å². The first-order valence-corrected chi connectivity index (χ1v) is 7.53. The highest BCUT2D eigenvalue weighted by atomic mass is 35.5. The number of benzene rings is 1. The second kappa shape index (κ2) is 8.90. The van der Waals surface area contributed by atoms with Crippen LogP contribution in [0.5, 0.6) is 0 Å². The van der Waals surface area contributed by atoms with E-state index < -0.39 is 0 Å². The Morgan fingerprint density at radius 1 is 1.24 bits per heavy atom. The molecule has 116 valence electrons. The molecule has 0 aromatic heterocycles. The summed E-state index contributed by atoms with van der Waals surface area (Å²) in [6.45, 7) is 5.91. The van der Waals surface area contributed by atoms with Gasteiger partial charge >= 0.3 is 5.97 Å². The van der Waals surface area contributed by atoms with E-state index in [0.717, 1.165) is 5.56 Å². The van der Waals surface area contributed by atoms with Gasteiger partial charge in [0.1, 0.15) is 6.61 Å². The second-order valence-corrected chi connectivity index (χ2v) is 5.44. The molecule has 0 unspecified atom stereocenters. The predicted octanol–water partition coefficient (Wildman–Crippen LogP) is 4.47. The molecule has 0 spiro atoms. The van der Waals surface area contributed by atoms with Crippen LogP contribution >= 0.6 is 23.2 Å². The Bertz CT molecular complexity index is 516. The van der Waals surface area contributed by atoms with Gasteiger partial charge in [0.15, 0.2) is 0 Å². The van der Waals surface area contributed by atoms with Crippen LogP contribution in [0.15, 0.2) is 23.4 Å². The Kier molecular flexibility index (Phi) is 7.54. The maximum Gasteiger partial charge on any atom is 0.306 e. The largest absolute Gasteiger partial charge is 0.463 e. The second-order valence-electron chi connectivity index (χ2n) is 4.62. The van der Waals surface area contributed by atoms with E-state index in [-0.39, 0.29) is 18.5 Å². The van der Waals surface area contributed by atoms with Crippen LogP contribution in [0, 0.1) is 0 Å². The molecule has 0 saturated carbocycles. The minimum atomic E-state index is -0.269. The maximum absolute atomic E-state index is 11.6. The average molecular weight is 332 g/mol. The number of ether oxygens (including phenoxy) is 1. The summed E-state index contributed by atoms with van der Waals surface area (Å²) in [6, 6.07) is 5.18. The van der Waals surface area contributed by atoms with Gasteiger partial charge in [-0.05, 0) is 32.9 Å². The van der Waals surface area contributed by atoms with Crippen LogP contribution in [0.1, 0.15) is 39.2 Å². The Hall–Kier alpha value is -1.26. The molecule has 4 nitrogen and oxygen atoms in total. The molecule has 0 saturated heterocycles. The molecule has 0 amide bonds. The van der Waals surface area contributed by atoms with Gasteiger partial charge in [-0.3, -0.25) is 4.79 Å². The zero-order valence-electron chi connectivity index (χ0n) is 12.4. The molecular weight excluding hydrogens is 313 g/mol. The highest BCUT2D eigenvalue weighted by molar-refractivity contribution is 6.42. The zero-order valence-corrected chi connectivity index (χ0v) is 13.9. The van der Waals surface area contributed by atoms with Crippen molar-refractivity contribution in [2.75, 3.05) is 6.61 Å². The molecule has 1 rings (SSSR count). The van der Waals surface area contributed by atoms with Gasteiger partial charge in [-0.15, -0.1) is 0 Å². The van der Waals surface area contributed by atoms with Gasteiger partial charge in [0, 0.05) is 12.0 Å². The number of carbonyl (C=O) groups excluding carboxylic acids is 1. The summed E-state index contributed by atoms with van der Waals surface area (Å²) in [5, 5.41) is 4.94. The van der Waals surface area contributed by atoms with Crippen molar-refractivity contribution in [3.05, 3.63) is 33.8 Å². The Balaban J connectivity index is 2.81. The first-order valence-electron chi connectivity index (χ1n) is 6.77. The third kappa shape index (κ3) is 6.36. The number of oxime groups is 1. The fourth-order valence-electron chi connectivity index (χ4n) is 1.60. The van der Waals surface area contributed by atoms with Crippen molar-refractivity contribution in [3.63, 3.8) is 0 Å². The summed E-state index contributed by atoms with van der Waals surface area (Å²) in [6.07, 6.45) is 0.503. The summed E-state index contributed by atoms with van der Waals surface area (Å²) in [5.74, 6) is -0.269. The van der Waals surface area contributed by atoms with Gasteiger partial charge in [0.2, 0.25) is 0 Å². The van der Waals surface area contributed by atoms with Crippen LogP contribution in [-0.2, 0) is 14.4 Å². The maximum atomic E-state index is 11.6. The summed E-state index contributed by atoms with van der Waals surface area (Å²) in [7, 11) is 0. The van der Waals surface area contributed by atoms with Crippen molar-refractivity contribution in [2.45, 2.75) is 39.7 Å². The minimum Gasteiger partial charge on any atom is -0.463 e. The molecule has 0 fully saturated rings. The van der Waals surface area contributed by atoms with Crippen molar-refractivity contribution < 1.29 is 14.4 Å². The van der Waals surface area contributed by atoms with E-state index in [1.807, 2.05) is 20.8 Å². The van der Waals surface area contributed by atoms with Crippen LogP contribution < -0.4 is 0 Å². The normalized spacial score (nSPS) is 11.6. The van der Waals surface area contributed by atoms with E-state index in [1.165, 1.54) is 0 Å². The third-order valence-electron chi connectivity index (χ3n) is 2.49. The smallest absolute Gasteiger partial charge is 0.306 e. The van der Waals surface area contributed by atoms with E-state index in [2.05, 4.69) is 5.16 Å². The molecule has 0 N–H and O–H groups in total. The first-order chi connectivity index (χ1) is 9.93. The molecule has 6 heteroatoms. The van der Waals surface area contributed by atoms with Gasteiger partial charge < -0.3 is 9.57 Å². The number of hydrogen-bond donors (Lipinski definition) is 0. The lowest BCUT2D eigenvalue weighted by Crippen LogP contribution is -2.13.